The van der Waals surface area contributed by atoms with Gasteiger partial charge in [-0.3, -0.25) is 4.79 Å². The molecule has 0 bridgehead atoms. The van der Waals surface area contributed by atoms with Gasteiger partial charge in [0.15, 0.2) is 0 Å². The Morgan fingerprint density at radius 2 is 1.94 bits per heavy atom. The van der Waals surface area contributed by atoms with Crippen LogP contribution < -0.4 is 14.8 Å². The Kier molecular flexibility index (Phi) is 7.91. The summed E-state index contributed by atoms with van der Waals surface area (Å²) in [7, 11) is -2.49. The van der Waals surface area contributed by atoms with Crippen LogP contribution in [0.15, 0.2) is 47.4 Å². The summed E-state index contributed by atoms with van der Waals surface area (Å²) in [5.74, 6) is -0.361. The van der Waals surface area contributed by atoms with E-state index in [-0.39, 0.29) is 28.0 Å². The predicted octanol–water partition coefficient (Wildman–Crippen LogP) is 4.35. The van der Waals surface area contributed by atoms with E-state index >= 15 is 0 Å². The van der Waals surface area contributed by atoms with Gasteiger partial charge >= 0.3 is 6.61 Å². The molecule has 33 heavy (non-hydrogen) atoms. The van der Waals surface area contributed by atoms with Crippen LogP contribution in [0.2, 0.25) is 0 Å². The molecule has 2 unspecified atom stereocenters. The van der Waals surface area contributed by atoms with E-state index in [0.717, 1.165) is 19.3 Å². The van der Waals surface area contributed by atoms with Crippen molar-refractivity contribution < 1.29 is 31.5 Å². The molecule has 1 N–H and O–H groups in total. The Labute approximate surface area is 192 Å². The second-order valence-corrected chi connectivity index (χ2v) is 9.83. The third-order valence-electron chi connectivity index (χ3n) is 5.69. The van der Waals surface area contributed by atoms with Crippen LogP contribution in [0.3, 0.4) is 0 Å². The lowest BCUT2D eigenvalue weighted by molar-refractivity contribution is -0.0499. The summed E-state index contributed by atoms with van der Waals surface area (Å²) < 4.78 is 62.8. The van der Waals surface area contributed by atoms with Crippen LogP contribution in [0.4, 0.5) is 8.78 Å². The number of methoxy groups -OCH3 is 1. The molecule has 0 radical (unpaired) electrons. The van der Waals surface area contributed by atoms with Crippen molar-refractivity contribution >= 4 is 15.9 Å². The van der Waals surface area contributed by atoms with Gasteiger partial charge in [-0.15, -0.1) is 0 Å². The SMILES string of the molecule is COc1ccc(C(=O)NC(C)c2cccc(OC(F)F)c2)cc1S(=O)(=O)N1CCCCC1C. The molecule has 10 heteroatoms. The minimum atomic E-state index is -3.87. The summed E-state index contributed by atoms with van der Waals surface area (Å²) in [5.41, 5.74) is 0.705. The molecule has 0 aromatic heterocycles. The zero-order valence-electron chi connectivity index (χ0n) is 18.8. The molecule has 0 aliphatic carbocycles. The van der Waals surface area contributed by atoms with Crippen LogP contribution in [0.25, 0.3) is 0 Å². The number of benzene rings is 2. The molecule has 1 heterocycles. The van der Waals surface area contributed by atoms with E-state index in [1.807, 2.05) is 6.92 Å². The number of sulfonamides is 1. The number of hydrogen-bond donors (Lipinski definition) is 1. The molecule has 2 aromatic rings. The number of amides is 1. The van der Waals surface area contributed by atoms with Gasteiger partial charge in [0, 0.05) is 18.2 Å². The molecule has 2 atom stereocenters. The normalized spacial score (nSPS) is 18.1. The van der Waals surface area contributed by atoms with Crippen LogP contribution in [0.1, 0.15) is 55.1 Å². The van der Waals surface area contributed by atoms with Crippen molar-refractivity contribution in [2.45, 2.75) is 56.7 Å². The van der Waals surface area contributed by atoms with Crippen molar-refractivity contribution in [3.8, 4) is 11.5 Å². The number of halogens is 2. The Morgan fingerprint density at radius 1 is 1.18 bits per heavy atom. The maximum atomic E-state index is 13.4. The molecule has 0 spiro atoms. The molecule has 1 fully saturated rings. The Balaban J connectivity index is 1.84. The van der Waals surface area contributed by atoms with Gasteiger partial charge in [-0.25, -0.2) is 8.42 Å². The predicted molar refractivity (Wildman–Crippen MR) is 119 cm³/mol. The lowest BCUT2D eigenvalue weighted by Crippen LogP contribution is -2.42. The van der Waals surface area contributed by atoms with E-state index < -0.39 is 28.6 Å². The minimum absolute atomic E-state index is 0.0166. The number of hydrogen-bond acceptors (Lipinski definition) is 5. The molecular weight excluding hydrogens is 454 g/mol. The Morgan fingerprint density at radius 3 is 2.61 bits per heavy atom. The molecule has 1 aliphatic rings. The second-order valence-electron chi connectivity index (χ2n) is 7.97. The van der Waals surface area contributed by atoms with Gasteiger partial charge in [0.05, 0.1) is 13.2 Å². The Bertz CT molecular complexity index is 1090. The zero-order chi connectivity index (χ0) is 24.2. The lowest BCUT2D eigenvalue weighted by Gasteiger charge is -2.32. The number of alkyl halides is 2. The summed E-state index contributed by atoms with van der Waals surface area (Å²) in [6.07, 6.45) is 2.51. The highest BCUT2D eigenvalue weighted by molar-refractivity contribution is 7.89. The topological polar surface area (TPSA) is 84.9 Å². The van der Waals surface area contributed by atoms with Crippen LogP contribution in [0, 0.1) is 0 Å². The first-order valence-corrected chi connectivity index (χ1v) is 12.1. The summed E-state index contributed by atoms with van der Waals surface area (Å²) in [6, 6.07) is 9.60. The molecule has 1 aliphatic heterocycles. The van der Waals surface area contributed by atoms with E-state index in [4.69, 9.17) is 4.74 Å². The fraction of sp³-hybridized carbons (Fsp3) is 0.435. The summed E-state index contributed by atoms with van der Waals surface area (Å²) in [5, 5.41) is 2.77. The summed E-state index contributed by atoms with van der Waals surface area (Å²) in [6.45, 7) is 1.02. The van der Waals surface area contributed by atoms with Crippen molar-refractivity contribution in [2.75, 3.05) is 13.7 Å². The van der Waals surface area contributed by atoms with Crippen molar-refractivity contribution in [3.63, 3.8) is 0 Å². The summed E-state index contributed by atoms with van der Waals surface area (Å²) >= 11 is 0. The van der Waals surface area contributed by atoms with Crippen LogP contribution >= 0.6 is 0 Å². The molecule has 1 saturated heterocycles. The molecule has 2 aromatic carbocycles. The minimum Gasteiger partial charge on any atom is -0.495 e. The highest BCUT2D eigenvalue weighted by Gasteiger charge is 2.33. The van der Waals surface area contributed by atoms with Crippen LogP contribution in [0.5, 0.6) is 11.5 Å². The van der Waals surface area contributed by atoms with Crippen LogP contribution in [-0.4, -0.2) is 44.9 Å². The molecular formula is C23H28F2N2O5S. The summed E-state index contributed by atoms with van der Waals surface area (Å²) in [4.78, 5) is 12.8. The van der Waals surface area contributed by atoms with Crippen molar-refractivity contribution in [2.24, 2.45) is 0 Å². The number of nitrogens with zero attached hydrogens (tertiary/aromatic N) is 1. The van der Waals surface area contributed by atoms with Gasteiger partial charge in [-0.2, -0.15) is 13.1 Å². The van der Waals surface area contributed by atoms with Gasteiger partial charge in [0.1, 0.15) is 16.4 Å². The van der Waals surface area contributed by atoms with E-state index in [1.165, 1.54) is 41.7 Å². The van der Waals surface area contributed by atoms with Gasteiger partial charge in [0.2, 0.25) is 10.0 Å². The number of carbonyl (C=O) groups excluding carboxylic acids is 1. The largest absolute Gasteiger partial charge is 0.495 e. The highest BCUT2D eigenvalue weighted by atomic mass is 32.2. The standard InChI is InChI=1S/C23H28F2N2O5S/c1-15-7-4-5-12-27(15)33(29,30)21-14-18(10-11-20(21)31-3)22(28)26-16(2)17-8-6-9-19(13-17)32-23(24)25/h6,8-11,13-16,23H,4-5,7,12H2,1-3H3,(H,26,28). The maximum Gasteiger partial charge on any atom is 0.387 e. The second kappa shape index (κ2) is 10.5. The van der Waals surface area contributed by atoms with Gasteiger partial charge in [-0.1, -0.05) is 18.6 Å². The van der Waals surface area contributed by atoms with Crippen molar-refractivity contribution in [1.82, 2.24) is 9.62 Å². The van der Waals surface area contributed by atoms with Gasteiger partial charge < -0.3 is 14.8 Å². The molecule has 7 nitrogen and oxygen atoms in total. The third kappa shape index (κ3) is 5.80. The van der Waals surface area contributed by atoms with E-state index in [9.17, 15) is 22.0 Å². The Hall–Kier alpha value is -2.72. The van der Waals surface area contributed by atoms with E-state index in [2.05, 4.69) is 10.1 Å². The fourth-order valence-electron chi connectivity index (χ4n) is 3.90. The highest BCUT2D eigenvalue weighted by Crippen LogP contribution is 2.32. The molecule has 1 amide bonds. The number of nitrogens with one attached hydrogen (secondary N) is 1. The zero-order valence-corrected chi connectivity index (χ0v) is 19.6. The monoisotopic (exact) mass is 482 g/mol. The average Bonchev–Trinajstić information content (AvgIpc) is 2.78. The maximum absolute atomic E-state index is 13.4. The van der Waals surface area contributed by atoms with Gasteiger partial charge in [-0.05, 0) is 62.6 Å². The van der Waals surface area contributed by atoms with Crippen LogP contribution in [-0.2, 0) is 10.0 Å². The van der Waals surface area contributed by atoms with Crippen molar-refractivity contribution in [3.05, 3.63) is 53.6 Å². The number of ether oxygens (including phenoxy) is 2. The van der Waals surface area contributed by atoms with Gasteiger partial charge in [0.25, 0.3) is 5.91 Å². The molecule has 0 saturated carbocycles. The smallest absolute Gasteiger partial charge is 0.387 e. The number of carbonyl (C=O) groups is 1. The number of rotatable bonds is 8. The first kappa shape index (κ1) is 24.9. The number of piperidine rings is 1. The van der Waals surface area contributed by atoms with Crippen molar-refractivity contribution in [1.29, 1.82) is 0 Å². The lowest BCUT2D eigenvalue weighted by atomic mass is 10.1. The first-order valence-electron chi connectivity index (χ1n) is 10.7. The average molecular weight is 483 g/mol. The first-order chi connectivity index (χ1) is 15.6. The quantitative estimate of drug-likeness (QED) is 0.605. The molecule has 180 valence electrons. The fourth-order valence-corrected chi connectivity index (χ4v) is 5.78. The van der Waals surface area contributed by atoms with E-state index in [0.29, 0.717) is 12.1 Å². The van der Waals surface area contributed by atoms with E-state index in [1.54, 1.807) is 19.1 Å². The molecule has 3 rings (SSSR count). The third-order valence-corrected chi connectivity index (χ3v) is 7.72.